The molecule has 4 aliphatic rings. The molecule has 0 spiro atoms. The monoisotopic (exact) mass is 332 g/mol. The molecule has 1 N–H and O–H groups in total. The number of hydrogen-bond acceptors (Lipinski definition) is 5. The lowest BCUT2D eigenvalue weighted by Crippen LogP contribution is -2.47. The summed E-state index contributed by atoms with van der Waals surface area (Å²) in [5, 5.41) is 6.24. The Hall–Kier alpha value is -1.85. The third kappa shape index (κ3) is 3.19. The number of nitrogens with zero attached hydrogens (tertiary/aromatic N) is 1. The maximum absolute atomic E-state index is 12.3. The second kappa shape index (κ2) is 5.90. The molecule has 6 nitrogen and oxygen atoms in total. The summed E-state index contributed by atoms with van der Waals surface area (Å²) >= 11 is 0. The first-order chi connectivity index (χ1) is 11.5. The van der Waals surface area contributed by atoms with Gasteiger partial charge in [0.15, 0.2) is 12.4 Å². The SMILES string of the molecule is Cc1cc(NC(=O)COC(=O)CC23CC4CC(CC(C4)C2)C3)no1. The van der Waals surface area contributed by atoms with E-state index < -0.39 is 0 Å². The Morgan fingerprint density at radius 1 is 1.25 bits per heavy atom. The molecule has 5 rings (SSSR count). The van der Waals surface area contributed by atoms with Gasteiger partial charge in [0.2, 0.25) is 0 Å². The lowest BCUT2D eigenvalue weighted by molar-refractivity contribution is -0.154. The molecule has 1 amide bonds. The van der Waals surface area contributed by atoms with Crippen molar-refractivity contribution < 1.29 is 18.8 Å². The number of rotatable bonds is 5. The van der Waals surface area contributed by atoms with Crippen LogP contribution in [0.15, 0.2) is 10.6 Å². The van der Waals surface area contributed by atoms with Crippen molar-refractivity contribution in [2.75, 3.05) is 11.9 Å². The van der Waals surface area contributed by atoms with E-state index >= 15 is 0 Å². The van der Waals surface area contributed by atoms with Gasteiger partial charge in [-0.25, -0.2) is 0 Å². The molecule has 0 radical (unpaired) electrons. The average Bonchev–Trinajstić information content (AvgIpc) is 2.88. The van der Waals surface area contributed by atoms with Crippen molar-refractivity contribution in [1.29, 1.82) is 0 Å². The van der Waals surface area contributed by atoms with E-state index in [4.69, 9.17) is 9.26 Å². The zero-order chi connectivity index (χ0) is 16.7. The van der Waals surface area contributed by atoms with Crippen molar-refractivity contribution in [2.45, 2.75) is 51.9 Å². The second-order valence-electron chi connectivity index (χ2n) is 8.13. The van der Waals surface area contributed by atoms with Gasteiger partial charge in [-0.15, -0.1) is 0 Å². The molecule has 4 fully saturated rings. The highest BCUT2D eigenvalue weighted by Gasteiger charge is 2.51. The van der Waals surface area contributed by atoms with Crippen LogP contribution in [0.25, 0.3) is 0 Å². The van der Waals surface area contributed by atoms with E-state index in [1.54, 1.807) is 13.0 Å². The van der Waals surface area contributed by atoms with Gasteiger partial charge in [0.1, 0.15) is 5.76 Å². The Bertz CT molecular complexity index is 616. The van der Waals surface area contributed by atoms with Gasteiger partial charge in [0.25, 0.3) is 5.91 Å². The smallest absolute Gasteiger partial charge is 0.306 e. The van der Waals surface area contributed by atoms with Gasteiger partial charge in [-0.3, -0.25) is 9.59 Å². The predicted octanol–water partition coefficient (Wildman–Crippen LogP) is 3.07. The largest absolute Gasteiger partial charge is 0.456 e. The summed E-state index contributed by atoms with van der Waals surface area (Å²) in [5.41, 5.74) is 0.144. The first-order valence-corrected chi connectivity index (χ1v) is 8.88. The number of amides is 1. The zero-order valence-electron chi connectivity index (χ0n) is 14.0. The van der Waals surface area contributed by atoms with Crippen molar-refractivity contribution in [3.8, 4) is 0 Å². The van der Waals surface area contributed by atoms with Crippen LogP contribution in [0.4, 0.5) is 5.82 Å². The average molecular weight is 332 g/mol. The first-order valence-electron chi connectivity index (χ1n) is 8.88. The molecule has 0 saturated heterocycles. The second-order valence-corrected chi connectivity index (χ2v) is 8.13. The van der Waals surface area contributed by atoms with Crippen LogP contribution in [0.3, 0.4) is 0 Å². The van der Waals surface area contributed by atoms with Crippen LogP contribution in [0.1, 0.15) is 50.7 Å². The van der Waals surface area contributed by atoms with Crippen molar-refractivity contribution in [1.82, 2.24) is 5.16 Å². The number of hydrogen-bond donors (Lipinski definition) is 1. The standard InChI is InChI=1S/C18H24N2O4/c1-11-2-15(20-24-11)19-16(21)10-23-17(22)9-18-6-12-3-13(7-18)5-14(4-12)8-18/h2,12-14H,3-10H2,1H3,(H,19,20,21). The lowest BCUT2D eigenvalue weighted by atomic mass is 9.49. The molecule has 0 aliphatic heterocycles. The van der Waals surface area contributed by atoms with E-state index in [1.807, 2.05) is 0 Å². The molecule has 0 aromatic carbocycles. The van der Waals surface area contributed by atoms with Gasteiger partial charge in [0, 0.05) is 6.07 Å². The van der Waals surface area contributed by atoms with Crippen LogP contribution in [-0.2, 0) is 14.3 Å². The number of aryl methyl sites for hydroxylation is 1. The molecule has 4 saturated carbocycles. The quantitative estimate of drug-likeness (QED) is 0.838. The van der Waals surface area contributed by atoms with Crippen molar-refractivity contribution in [3.05, 3.63) is 11.8 Å². The molecule has 1 heterocycles. The molecule has 0 atom stereocenters. The maximum atomic E-state index is 12.3. The summed E-state index contributed by atoms with van der Waals surface area (Å²) < 4.78 is 10.1. The molecular weight excluding hydrogens is 308 g/mol. The number of esters is 1. The highest BCUT2D eigenvalue weighted by molar-refractivity contribution is 5.91. The Morgan fingerprint density at radius 3 is 2.42 bits per heavy atom. The highest BCUT2D eigenvalue weighted by Crippen LogP contribution is 2.61. The summed E-state index contributed by atoms with van der Waals surface area (Å²) in [6.07, 6.45) is 8.03. The van der Waals surface area contributed by atoms with Crippen molar-refractivity contribution >= 4 is 17.7 Å². The van der Waals surface area contributed by atoms with Crippen LogP contribution >= 0.6 is 0 Å². The van der Waals surface area contributed by atoms with Crippen molar-refractivity contribution in [3.63, 3.8) is 0 Å². The van der Waals surface area contributed by atoms with Gasteiger partial charge in [-0.05, 0) is 68.6 Å². The molecular formula is C18H24N2O4. The third-order valence-electron chi connectivity index (χ3n) is 5.94. The molecule has 1 aromatic heterocycles. The van der Waals surface area contributed by atoms with Crippen molar-refractivity contribution in [2.24, 2.45) is 23.2 Å². The normalized spacial score (nSPS) is 33.5. The first kappa shape index (κ1) is 15.7. The van der Waals surface area contributed by atoms with Crippen LogP contribution in [0.5, 0.6) is 0 Å². The van der Waals surface area contributed by atoms with Crippen LogP contribution in [0.2, 0.25) is 0 Å². The maximum Gasteiger partial charge on any atom is 0.306 e. The fourth-order valence-electron chi connectivity index (χ4n) is 5.61. The number of carbonyl (C=O) groups excluding carboxylic acids is 2. The summed E-state index contributed by atoms with van der Waals surface area (Å²) in [4.78, 5) is 24.1. The minimum Gasteiger partial charge on any atom is -0.456 e. The zero-order valence-corrected chi connectivity index (χ0v) is 14.0. The third-order valence-corrected chi connectivity index (χ3v) is 5.94. The molecule has 6 heteroatoms. The Balaban J connectivity index is 1.27. The Kier molecular flexibility index (Phi) is 3.85. The van der Waals surface area contributed by atoms with Crippen LogP contribution < -0.4 is 5.32 Å². The summed E-state index contributed by atoms with van der Waals surface area (Å²) in [6, 6.07) is 1.62. The van der Waals surface area contributed by atoms with Gasteiger partial charge < -0.3 is 14.6 Å². The predicted molar refractivity (Wildman–Crippen MR) is 86.1 cm³/mol. The molecule has 4 bridgehead atoms. The van der Waals surface area contributed by atoms with Gasteiger partial charge >= 0.3 is 5.97 Å². The molecule has 24 heavy (non-hydrogen) atoms. The number of anilines is 1. The summed E-state index contributed by atoms with van der Waals surface area (Å²) in [5.74, 6) is 2.75. The molecule has 0 unspecified atom stereocenters. The summed E-state index contributed by atoms with van der Waals surface area (Å²) in [7, 11) is 0. The molecule has 130 valence electrons. The highest BCUT2D eigenvalue weighted by atomic mass is 16.5. The van der Waals surface area contributed by atoms with Crippen LogP contribution in [0, 0.1) is 30.1 Å². The fourth-order valence-corrected chi connectivity index (χ4v) is 5.61. The minimum atomic E-state index is -0.387. The summed E-state index contributed by atoms with van der Waals surface area (Å²) in [6.45, 7) is 1.48. The Morgan fingerprint density at radius 2 is 1.88 bits per heavy atom. The Labute approximate surface area is 141 Å². The number of aromatic nitrogens is 1. The molecule has 1 aromatic rings. The topological polar surface area (TPSA) is 81.4 Å². The minimum absolute atomic E-state index is 0.144. The van der Waals surface area contributed by atoms with E-state index in [2.05, 4.69) is 10.5 Å². The van der Waals surface area contributed by atoms with E-state index in [1.165, 1.54) is 38.5 Å². The van der Waals surface area contributed by atoms with Gasteiger partial charge in [-0.1, -0.05) is 5.16 Å². The lowest BCUT2D eigenvalue weighted by Gasteiger charge is -2.56. The fraction of sp³-hybridized carbons (Fsp3) is 0.722. The van der Waals surface area contributed by atoms with E-state index in [9.17, 15) is 9.59 Å². The van der Waals surface area contributed by atoms with E-state index in [-0.39, 0.29) is 23.9 Å². The van der Waals surface area contributed by atoms with E-state index in [0.717, 1.165) is 17.8 Å². The number of nitrogens with one attached hydrogen (secondary N) is 1. The van der Waals surface area contributed by atoms with E-state index in [0.29, 0.717) is 18.0 Å². The van der Waals surface area contributed by atoms with Gasteiger partial charge in [0.05, 0.1) is 6.42 Å². The number of ether oxygens (including phenoxy) is 1. The van der Waals surface area contributed by atoms with Gasteiger partial charge in [-0.2, -0.15) is 0 Å². The molecule has 4 aliphatic carbocycles. The van der Waals surface area contributed by atoms with Crippen LogP contribution in [-0.4, -0.2) is 23.6 Å². The number of carbonyl (C=O) groups is 2.